The maximum atomic E-state index is 9.28. The third-order valence-corrected chi connectivity index (χ3v) is 6.00. The van der Waals surface area contributed by atoms with E-state index in [0.717, 1.165) is 13.1 Å². The molecule has 122 valence electrons. The minimum absolute atomic E-state index is 0.346. The van der Waals surface area contributed by atoms with Crippen LogP contribution in [-0.4, -0.2) is 80.1 Å². The lowest BCUT2D eigenvalue weighted by atomic mass is 10.0. The largest absolute Gasteiger partial charge is 0.391 e. The number of rotatable bonds is 7. The molecule has 1 aromatic rings. The van der Waals surface area contributed by atoms with E-state index in [1.54, 1.807) is 0 Å². The van der Waals surface area contributed by atoms with Gasteiger partial charge in [-0.1, -0.05) is 24.3 Å². The van der Waals surface area contributed by atoms with Crippen molar-refractivity contribution in [2.24, 2.45) is 0 Å². The molecule has 3 heterocycles. The molecule has 0 atom stereocenters. The molecule has 22 heavy (non-hydrogen) atoms. The van der Waals surface area contributed by atoms with E-state index in [9.17, 15) is 5.11 Å². The molecule has 4 rings (SSSR count). The number of benzene rings is 1. The fraction of sp³-hybridized carbons (Fsp3) is 0.667. The number of hydrogen-bond acceptors (Lipinski definition) is 2. The highest BCUT2D eigenvalue weighted by molar-refractivity contribution is 5.22. The number of aliphatic hydroxyl groups excluding tert-OH is 1. The van der Waals surface area contributed by atoms with Crippen LogP contribution in [-0.2, 0) is 13.0 Å². The summed E-state index contributed by atoms with van der Waals surface area (Å²) in [5.74, 6) is 0. The second kappa shape index (κ2) is 6.67. The van der Waals surface area contributed by atoms with Crippen LogP contribution in [0, 0.1) is 0 Å². The number of nitrogens with zero attached hydrogens (tertiary/aromatic N) is 2. The van der Waals surface area contributed by atoms with Gasteiger partial charge in [0.1, 0.15) is 45.8 Å². The molecule has 3 aliphatic heterocycles. The molecule has 2 bridgehead atoms. The van der Waals surface area contributed by atoms with Crippen molar-refractivity contribution >= 4 is 0 Å². The van der Waals surface area contributed by atoms with Gasteiger partial charge < -0.3 is 19.4 Å². The Bertz CT molecular complexity index is 461. The van der Waals surface area contributed by atoms with Crippen LogP contribution in [0.15, 0.2) is 24.3 Å². The Morgan fingerprint density at radius 1 is 0.864 bits per heavy atom. The van der Waals surface area contributed by atoms with Gasteiger partial charge in [0, 0.05) is 13.0 Å². The fourth-order valence-corrected chi connectivity index (χ4v) is 4.22. The number of hydrogen-bond donors (Lipinski definition) is 2. The molecule has 4 nitrogen and oxygen atoms in total. The Labute approximate surface area is 134 Å². The smallest absolute Gasteiger partial charge is 0.129 e. The molecular formula is C18H31N3O+2. The maximum absolute atomic E-state index is 9.28. The quantitative estimate of drug-likeness (QED) is 0.723. The normalized spacial score (nSPS) is 30.6. The van der Waals surface area contributed by atoms with Crippen LogP contribution in [0.5, 0.6) is 0 Å². The van der Waals surface area contributed by atoms with E-state index >= 15 is 0 Å². The van der Waals surface area contributed by atoms with E-state index < -0.39 is 0 Å². The molecular weight excluding hydrogens is 274 g/mol. The van der Waals surface area contributed by atoms with Crippen LogP contribution in [0.3, 0.4) is 0 Å². The van der Waals surface area contributed by atoms with Gasteiger partial charge in [-0.05, 0) is 18.2 Å². The first-order valence-electron chi connectivity index (χ1n) is 8.73. The Morgan fingerprint density at radius 2 is 1.36 bits per heavy atom. The summed E-state index contributed by atoms with van der Waals surface area (Å²) in [6.45, 7) is 11.3. The van der Waals surface area contributed by atoms with E-state index in [4.69, 9.17) is 0 Å². The highest BCUT2D eigenvalue weighted by Gasteiger charge is 2.48. The fourth-order valence-electron chi connectivity index (χ4n) is 4.22. The molecule has 4 heteroatoms. The minimum Gasteiger partial charge on any atom is -0.391 e. The first-order chi connectivity index (χ1) is 10.7. The second-order valence-electron chi connectivity index (χ2n) is 7.29. The van der Waals surface area contributed by atoms with Crippen molar-refractivity contribution in [3.05, 3.63) is 35.4 Å². The summed E-state index contributed by atoms with van der Waals surface area (Å²) in [6.07, 6.45) is 1.19. The zero-order chi connectivity index (χ0) is 15.5. The minimum atomic E-state index is 0.346. The van der Waals surface area contributed by atoms with Crippen LogP contribution >= 0.6 is 0 Å². The van der Waals surface area contributed by atoms with Gasteiger partial charge in [0.2, 0.25) is 0 Å². The van der Waals surface area contributed by atoms with Crippen molar-refractivity contribution in [1.29, 1.82) is 0 Å². The highest BCUT2D eigenvalue weighted by Crippen LogP contribution is 2.26. The number of nitrogens with one attached hydrogen (secondary N) is 1. The Morgan fingerprint density at radius 3 is 1.86 bits per heavy atom. The molecule has 1 aromatic carbocycles. The third kappa shape index (κ3) is 3.35. The summed E-state index contributed by atoms with van der Waals surface area (Å²) in [6, 6.07) is 9.10. The lowest BCUT2D eigenvalue weighted by Gasteiger charge is -2.55. The van der Waals surface area contributed by atoms with E-state index in [1.165, 1.54) is 72.3 Å². The van der Waals surface area contributed by atoms with Gasteiger partial charge in [-0.15, -0.1) is 0 Å². The van der Waals surface area contributed by atoms with Crippen molar-refractivity contribution in [2.45, 2.75) is 13.0 Å². The average Bonchev–Trinajstić information content (AvgIpc) is 2.57. The highest BCUT2D eigenvalue weighted by atomic mass is 16.3. The summed E-state index contributed by atoms with van der Waals surface area (Å²) in [5, 5.41) is 12.5. The van der Waals surface area contributed by atoms with Crippen molar-refractivity contribution in [3.63, 3.8) is 0 Å². The molecule has 3 fully saturated rings. The molecule has 0 radical (unpaired) electrons. The number of piperazine rings is 3. The predicted molar refractivity (Wildman–Crippen MR) is 89.5 cm³/mol. The predicted octanol–water partition coefficient (Wildman–Crippen LogP) is 0.602. The maximum Gasteiger partial charge on any atom is 0.129 e. The number of aliphatic hydroxyl groups is 1. The van der Waals surface area contributed by atoms with Crippen LogP contribution in [0.1, 0.15) is 11.1 Å². The topological polar surface area (TPSA) is 32.3 Å². The van der Waals surface area contributed by atoms with E-state index in [0.29, 0.717) is 6.61 Å². The Balaban J connectivity index is 1.54. The second-order valence-corrected chi connectivity index (χ2v) is 7.29. The van der Waals surface area contributed by atoms with E-state index in [-0.39, 0.29) is 0 Å². The summed E-state index contributed by atoms with van der Waals surface area (Å²) in [4.78, 5) is 0. The third-order valence-electron chi connectivity index (χ3n) is 6.00. The zero-order valence-corrected chi connectivity index (χ0v) is 13.9. The van der Waals surface area contributed by atoms with Gasteiger partial charge in [-0.3, -0.25) is 0 Å². The molecule has 0 spiro atoms. The summed E-state index contributed by atoms with van der Waals surface area (Å²) < 4.78 is 2.49. The molecule has 0 unspecified atom stereocenters. The summed E-state index contributed by atoms with van der Waals surface area (Å²) in [5.41, 5.74) is 2.83. The van der Waals surface area contributed by atoms with Crippen LogP contribution in [0.2, 0.25) is 0 Å². The summed E-state index contributed by atoms with van der Waals surface area (Å²) >= 11 is 0. The van der Waals surface area contributed by atoms with Crippen LogP contribution in [0.4, 0.5) is 0 Å². The summed E-state index contributed by atoms with van der Waals surface area (Å²) in [7, 11) is 1.99. The van der Waals surface area contributed by atoms with Gasteiger partial charge in [0.25, 0.3) is 0 Å². The monoisotopic (exact) mass is 305 g/mol. The Hall–Kier alpha value is -0.940. The van der Waals surface area contributed by atoms with Gasteiger partial charge in [0.05, 0.1) is 13.2 Å². The van der Waals surface area contributed by atoms with Crippen molar-refractivity contribution in [3.8, 4) is 0 Å². The molecule has 3 saturated heterocycles. The molecule has 0 aliphatic carbocycles. The molecule has 0 aromatic heterocycles. The van der Waals surface area contributed by atoms with Gasteiger partial charge in [0.15, 0.2) is 0 Å². The van der Waals surface area contributed by atoms with Crippen molar-refractivity contribution < 1.29 is 14.1 Å². The zero-order valence-electron chi connectivity index (χ0n) is 13.9. The van der Waals surface area contributed by atoms with E-state index in [1.807, 2.05) is 7.05 Å². The lowest BCUT2D eigenvalue weighted by Crippen LogP contribution is -2.75. The Kier molecular flexibility index (Phi) is 4.83. The standard InChI is InChI=1S/C18H31N3O/c1-19-16-18-4-2-17(3-5-18)6-7-20-8-11-21(12-9-20,13-10-20)14-15-22/h2-5,19,22H,6-16H2,1H3/q+2. The molecule has 0 saturated carbocycles. The van der Waals surface area contributed by atoms with Crippen molar-refractivity contribution in [1.82, 2.24) is 5.32 Å². The number of quaternary nitrogens is 2. The van der Waals surface area contributed by atoms with Crippen molar-refractivity contribution in [2.75, 3.05) is 66.0 Å². The first-order valence-corrected chi connectivity index (χ1v) is 8.73. The van der Waals surface area contributed by atoms with Gasteiger partial charge in [-0.25, -0.2) is 0 Å². The van der Waals surface area contributed by atoms with Crippen LogP contribution < -0.4 is 5.32 Å². The molecule has 0 amide bonds. The van der Waals surface area contributed by atoms with Gasteiger partial charge >= 0.3 is 0 Å². The SMILES string of the molecule is CNCc1ccc(CC[N+]23CC[N+](CCO)(CC2)CC3)cc1. The van der Waals surface area contributed by atoms with E-state index in [2.05, 4.69) is 29.6 Å². The average molecular weight is 305 g/mol. The first kappa shape index (κ1) is 15.9. The number of fused-ring (bicyclic) bond motifs is 3. The van der Waals surface area contributed by atoms with Gasteiger partial charge in [-0.2, -0.15) is 0 Å². The lowest BCUT2D eigenvalue weighted by molar-refractivity contribution is -1.08. The molecule has 2 N–H and O–H groups in total. The van der Waals surface area contributed by atoms with Crippen LogP contribution in [0.25, 0.3) is 0 Å². The molecule has 3 aliphatic rings.